The molecule has 1 aromatic carbocycles. The Hall–Kier alpha value is -1.30. The fraction of sp³-hybridized carbons (Fsp3) is 0.385. The number of nitrogens with zero attached hydrogens (tertiary/aromatic N) is 1. The Balaban J connectivity index is 2.18. The van der Waals surface area contributed by atoms with E-state index in [0.29, 0.717) is 15.6 Å². The van der Waals surface area contributed by atoms with Gasteiger partial charge in [0.2, 0.25) is 5.91 Å². The van der Waals surface area contributed by atoms with Crippen molar-refractivity contribution < 1.29 is 19.8 Å². The average molecular weight is 318 g/mol. The molecule has 0 radical (unpaired) electrons. The van der Waals surface area contributed by atoms with E-state index in [1.165, 1.54) is 0 Å². The van der Waals surface area contributed by atoms with Crippen LogP contribution in [-0.4, -0.2) is 45.7 Å². The summed E-state index contributed by atoms with van der Waals surface area (Å²) in [5, 5.41) is 19.3. The predicted molar refractivity (Wildman–Crippen MR) is 73.9 cm³/mol. The van der Waals surface area contributed by atoms with Gasteiger partial charge in [-0.2, -0.15) is 0 Å². The zero-order chi connectivity index (χ0) is 14.9. The second-order valence-electron chi connectivity index (χ2n) is 4.67. The Morgan fingerprint density at radius 2 is 1.90 bits per heavy atom. The molecule has 108 valence electrons. The fourth-order valence-corrected chi connectivity index (χ4v) is 2.81. The summed E-state index contributed by atoms with van der Waals surface area (Å²) in [5.74, 6) is -1.54. The summed E-state index contributed by atoms with van der Waals surface area (Å²) in [5.41, 5.74) is 0.464. The molecule has 0 bridgehead atoms. The number of benzene rings is 1. The Bertz CT molecular complexity index is 529. The summed E-state index contributed by atoms with van der Waals surface area (Å²) in [6.45, 7) is 0.0118. The van der Waals surface area contributed by atoms with E-state index in [4.69, 9.17) is 28.3 Å². The molecule has 1 aliphatic rings. The van der Waals surface area contributed by atoms with Crippen LogP contribution in [0.5, 0.6) is 0 Å². The molecule has 7 heteroatoms. The number of carboxylic acids is 1. The Labute approximate surface area is 125 Å². The summed E-state index contributed by atoms with van der Waals surface area (Å²) in [6, 6.07) is 3.89. The van der Waals surface area contributed by atoms with Crippen molar-refractivity contribution in [3.05, 3.63) is 33.8 Å². The largest absolute Gasteiger partial charge is 0.480 e. The number of β-amino-alcohol motifs (C(OH)–C–C–N with tert-alkyl or cyclic N) is 1. The molecule has 1 amide bonds. The van der Waals surface area contributed by atoms with Gasteiger partial charge in [0.15, 0.2) is 0 Å². The number of amides is 1. The van der Waals surface area contributed by atoms with Crippen LogP contribution >= 0.6 is 23.2 Å². The minimum Gasteiger partial charge on any atom is -0.480 e. The highest BCUT2D eigenvalue weighted by Gasteiger charge is 2.38. The van der Waals surface area contributed by atoms with Crippen molar-refractivity contribution in [1.29, 1.82) is 0 Å². The lowest BCUT2D eigenvalue weighted by Crippen LogP contribution is -2.41. The van der Waals surface area contributed by atoms with Gasteiger partial charge in [0.05, 0.1) is 12.5 Å². The third-order valence-electron chi connectivity index (χ3n) is 3.27. The molecule has 1 fully saturated rings. The predicted octanol–water partition coefficient (Wildman–Crippen LogP) is 1.58. The van der Waals surface area contributed by atoms with Gasteiger partial charge in [-0.05, 0) is 17.7 Å². The maximum atomic E-state index is 12.2. The van der Waals surface area contributed by atoms with E-state index in [0.717, 1.165) is 4.90 Å². The molecule has 5 nitrogen and oxygen atoms in total. The van der Waals surface area contributed by atoms with Crippen molar-refractivity contribution in [3.63, 3.8) is 0 Å². The maximum Gasteiger partial charge on any atom is 0.326 e. The number of halogens is 2. The van der Waals surface area contributed by atoms with Crippen LogP contribution in [0.3, 0.4) is 0 Å². The fourth-order valence-electron chi connectivity index (χ4n) is 2.28. The second-order valence-corrected chi connectivity index (χ2v) is 5.48. The molecule has 20 heavy (non-hydrogen) atoms. The van der Waals surface area contributed by atoms with E-state index in [1.54, 1.807) is 18.2 Å². The number of carbonyl (C=O) groups excluding carboxylic acids is 1. The standard InChI is InChI=1S/C13H13Cl2NO4/c14-9-2-1-3-10(15)8(9)5-12(18)16-6-7(17)4-11(16)13(19)20/h1-3,7,11,17H,4-6H2,(H,19,20)/t7?,11-/m0/s1. The monoisotopic (exact) mass is 317 g/mol. The van der Waals surface area contributed by atoms with Gasteiger partial charge in [-0.3, -0.25) is 4.79 Å². The number of rotatable bonds is 3. The second kappa shape index (κ2) is 5.99. The minimum atomic E-state index is -1.12. The lowest BCUT2D eigenvalue weighted by atomic mass is 10.1. The van der Waals surface area contributed by atoms with E-state index < -0.39 is 24.0 Å². The van der Waals surface area contributed by atoms with Crippen LogP contribution in [0, 0.1) is 0 Å². The topological polar surface area (TPSA) is 77.8 Å². The van der Waals surface area contributed by atoms with Gasteiger partial charge < -0.3 is 15.1 Å². The Kier molecular flexibility index (Phi) is 4.52. The summed E-state index contributed by atoms with van der Waals surface area (Å²) >= 11 is 12.0. The van der Waals surface area contributed by atoms with Gasteiger partial charge in [0, 0.05) is 23.0 Å². The molecular weight excluding hydrogens is 305 g/mol. The van der Waals surface area contributed by atoms with Crippen molar-refractivity contribution >= 4 is 35.1 Å². The first-order valence-electron chi connectivity index (χ1n) is 6.03. The van der Waals surface area contributed by atoms with Gasteiger partial charge in [-0.15, -0.1) is 0 Å². The lowest BCUT2D eigenvalue weighted by molar-refractivity contribution is -0.148. The molecule has 2 N–H and O–H groups in total. The lowest BCUT2D eigenvalue weighted by Gasteiger charge is -2.21. The number of hydrogen-bond donors (Lipinski definition) is 2. The van der Waals surface area contributed by atoms with Crippen LogP contribution in [0.4, 0.5) is 0 Å². The van der Waals surface area contributed by atoms with E-state index >= 15 is 0 Å². The highest BCUT2D eigenvalue weighted by molar-refractivity contribution is 6.36. The van der Waals surface area contributed by atoms with Crippen LogP contribution in [0.2, 0.25) is 10.0 Å². The Morgan fingerprint density at radius 3 is 2.45 bits per heavy atom. The van der Waals surface area contributed by atoms with Gasteiger partial charge in [-0.25, -0.2) is 4.79 Å². The first kappa shape index (κ1) is 15.1. The molecule has 0 spiro atoms. The molecular formula is C13H13Cl2NO4. The summed E-state index contributed by atoms with van der Waals surface area (Å²) in [4.78, 5) is 24.5. The van der Waals surface area contributed by atoms with Crippen LogP contribution in [-0.2, 0) is 16.0 Å². The smallest absolute Gasteiger partial charge is 0.326 e. The van der Waals surface area contributed by atoms with Crippen LogP contribution in [0.15, 0.2) is 18.2 Å². The highest BCUT2D eigenvalue weighted by atomic mass is 35.5. The van der Waals surface area contributed by atoms with Gasteiger partial charge in [-0.1, -0.05) is 29.3 Å². The first-order valence-corrected chi connectivity index (χ1v) is 6.79. The van der Waals surface area contributed by atoms with E-state index in [-0.39, 0.29) is 19.4 Å². The molecule has 2 atom stereocenters. The molecule has 1 unspecified atom stereocenters. The number of carbonyl (C=O) groups is 2. The highest BCUT2D eigenvalue weighted by Crippen LogP contribution is 2.27. The molecule has 1 saturated heterocycles. The summed E-state index contributed by atoms with van der Waals surface area (Å²) in [6.07, 6.45) is -0.867. The molecule has 0 aromatic heterocycles. The zero-order valence-corrected chi connectivity index (χ0v) is 11.9. The zero-order valence-electron chi connectivity index (χ0n) is 10.4. The van der Waals surface area contributed by atoms with Gasteiger partial charge in [0.25, 0.3) is 0 Å². The van der Waals surface area contributed by atoms with E-state index in [9.17, 15) is 14.7 Å². The number of aliphatic hydroxyl groups is 1. The van der Waals surface area contributed by atoms with E-state index in [2.05, 4.69) is 0 Å². The average Bonchev–Trinajstić information content (AvgIpc) is 2.76. The van der Waals surface area contributed by atoms with Crippen molar-refractivity contribution in [3.8, 4) is 0 Å². The molecule has 0 aliphatic carbocycles. The summed E-state index contributed by atoms with van der Waals surface area (Å²) in [7, 11) is 0. The molecule has 0 saturated carbocycles. The third kappa shape index (κ3) is 3.06. The van der Waals surface area contributed by atoms with Crippen LogP contribution < -0.4 is 0 Å². The number of aliphatic hydroxyl groups excluding tert-OH is 1. The van der Waals surface area contributed by atoms with Crippen molar-refractivity contribution in [1.82, 2.24) is 4.90 Å². The number of aliphatic carboxylic acids is 1. The molecule has 1 aromatic rings. The van der Waals surface area contributed by atoms with Crippen molar-refractivity contribution in [2.24, 2.45) is 0 Å². The molecule has 2 rings (SSSR count). The van der Waals surface area contributed by atoms with Crippen molar-refractivity contribution in [2.45, 2.75) is 25.0 Å². The Morgan fingerprint density at radius 1 is 1.30 bits per heavy atom. The quantitative estimate of drug-likeness (QED) is 0.887. The van der Waals surface area contributed by atoms with Gasteiger partial charge >= 0.3 is 5.97 Å². The number of hydrogen-bond acceptors (Lipinski definition) is 3. The van der Waals surface area contributed by atoms with Crippen LogP contribution in [0.25, 0.3) is 0 Å². The SMILES string of the molecule is O=C(O)[C@@H]1CC(O)CN1C(=O)Cc1c(Cl)cccc1Cl. The van der Waals surface area contributed by atoms with E-state index in [1.807, 2.05) is 0 Å². The minimum absolute atomic E-state index is 0.0118. The molecule has 1 aliphatic heterocycles. The maximum absolute atomic E-state index is 12.2. The molecule has 1 heterocycles. The first-order chi connectivity index (χ1) is 9.40. The van der Waals surface area contributed by atoms with Gasteiger partial charge in [0.1, 0.15) is 6.04 Å². The van der Waals surface area contributed by atoms with Crippen molar-refractivity contribution in [2.75, 3.05) is 6.54 Å². The normalized spacial score (nSPS) is 22.1. The number of likely N-dealkylation sites (tertiary alicyclic amines) is 1. The third-order valence-corrected chi connectivity index (χ3v) is 3.98. The van der Waals surface area contributed by atoms with Crippen LogP contribution in [0.1, 0.15) is 12.0 Å². The summed E-state index contributed by atoms with van der Waals surface area (Å²) < 4.78 is 0. The number of carboxylic acid groups (broad SMARTS) is 1.